The molecular weight excluding hydrogens is 261 g/mol. The van der Waals surface area contributed by atoms with Gasteiger partial charge in [-0.05, 0) is 38.5 Å². The highest BCUT2D eigenvalue weighted by Crippen LogP contribution is 2.30. The summed E-state index contributed by atoms with van der Waals surface area (Å²) in [6.07, 6.45) is -1.99. The molecule has 0 amide bonds. The molecule has 106 valence electrons. The Morgan fingerprint density at radius 1 is 1.42 bits per heavy atom. The van der Waals surface area contributed by atoms with Crippen LogP contribution in [-0.2, 0) is 15.2 Å². The van der Waals surface area contributed by atoms with Crippen LogP contribution in [0.2, 0.25) is 0 Å². The summed E-state index contributed by atoms with van der Waals surface area (Å²) >= 11 is 0. The summed E-state index contributed by atoms with van der Waals surface area (Å²) in [5, 5.41) is 9.61. The molecule has 1 unspecified atom stereocenters. The number of esters is 1. The van der Waals surface area contributed by atoms with Gasteiger partial charge in [-0.25, -0.2) is 18.0 Å². The number of benzene rings is 1. The summed E-state index contributed by atoms with van der Waals surface area (Å²) in [6, 6.07) is 1.61. The minimum atomic E-state index is -1.99. The maximum Gasteiger partial charge on any atom is 0.339 e. The molecule has 0 spiro atoms. The van der Waals surface area contributed by atoms with E-state index < -0.39 is 34.9 Å². The predicted octanol–water partition coefficient (Wildman–Crippen LogP) is 2.77. The Morgan fingerprint density at radius 3 is 2.47 bits per heavy atom. The van der Waals surface area contributed by atoms with Crippen molar-refractivity contribution < 1.29 is 27.8 Å². The molecule has 0 fully saturated rings. The zero-order valence-electron chi connectivity index (χ0n) is 10.8. The first-order chi connectivity index (χ1) is 8.68. The zero-order chi connectivity index (χ0) is 14.8. The fourth-order valence-electron chi connectivity index (χ4n) is 1.50. The van der Waals surface area contributed by atoms with Gasteiger partial charge in [0.05, 0.1) is 6.61 Å². The van der Waals surface area contributed by atoms with Crippen molar-refractivity contribution in [3.8, 4) is 0 Å². The van der Waals surface area contributed by atoms with Gasteiger partial charge in [-0.1, -0.05) is 0 Å². The van der Waals surface area contributed by atoms with Crippen LogP contribution in [0.1, 0.15) is 38.0 Å². The minimum Gasteiger partial charge on any atom is -0.464 e. The van der Waals surface area contributed by atoms with Crippen molar-refractivity contribution in [2.45, 2.75) is 32.5 Å². The molecule has 0 saturated carbocycles. The number of aliphatic hydroxyl groups excluding tert-OH is 1. The van der Waals surface area contributed by atoms with Gasteiger partial charge < -0.3 is 9.84 Å². The Kier molecular flexibility index (Phi) is 4.57. The third-order valence-electron chi connectivity index (χ3n) is 2.55. The highest BCUT2D eigenvalue weighted by atomic mass is 19.2. The molecule has 0 bridgehead atoms. The number of carbonyl (C=O) groups excluding carboxylic acids is 1. The van der Waals surface area contributed by atoms with Gasteiger partial charge in [0.25, 0.3) is 0 Å². The van der Waals surface area contributed by atoms with E-state index in [0.29, 0.717) is 6.07 Å². The quantitative estimate of drug-likeness (QED) is 0.860. The van der Waals surface area contributed by atoms with Crippen LogP contribution < -0.4 is 0 Å². The second-order valence-electron chi connectivity index (χ2n) is 4.49. The number of hydrogen-bond donors (Lipinski definition) is 1. The molecule has 0 heterocycles. The molecule has 1 N–H and O–H groups in total. The van der Waals surface area contributed by atoms with Gasteiger partial charge in [0.15, 0.2) is 17.7 Å². The Balaban J connectivity index is 3.27. The van der Waals surface area contributed by atoms with Crippen LogP contribution in [0.15, 0.2) is 12.1 Å². The van der Waals surface area contributed by atoms with Crippen LogP contribution in [0.3, 0.4) is 0 Å². The van der Waals surface area contributed by atoms with Gasteiger partial charge >= 0.3 is 5.97 Å². The van der Waals surface area contributed by atoms with Crippen molar-refractivity contribution >= 4 is 5.97 Å². The predicted molar refractivity (Wildman–Crippen MR) is 62.1 cm³/mol. The Morgan fingerprint density at radius 2 is 2.00 bits per heavy atom. The largest absolute Gasteiger partial charge is 0.464 e. The standard InChI is InChI=1S/C13H15F3O3/c1-4-19-12(18)11(17)8-5-7(13(2,3)16)6-9(14)10(8)15/h5-6,11,17H,4H2,1-3H3. The van der Waals surface area contributed by atoms with Crippen LogP contribution >= 0.6 is 0 Å². The van der Waals surface area contributed by atoms with E-state index in [4.69, 9.17) is 0 Å². The molecule has 19 heavy (non-hydrogen) atoms. The topological polar surface area (TPSA) is 46.5 Å². The molecule has 3 nitrogen and oxygen atoms in total. The number of aliphatic hydroxyl groups is 1. The first-order valence-electron chi connectivity index (χ1n) is 5.71. The molecule has 1 atom stereocenters. The third-order valence-corrected chi connectivity index (χ3v) is 2.55. The molecule has 0 saturated heterocycles. The van der Waals surface area contributed by atoms with Crippen molar-refractivity contribution in [2.75, 3.05) is 6.61 Å². The van der Waals surface area contributed by atoms with E-state index in [9.17, 15) is 23.1 Å². The second kappa shape index (κ2) is 5.61. The average molecular weight is 276 g/mol. The first kappa shape index (κ1) is 15.5. The summed E-state index contributed by atoms with van der Waals surface area (Å²) in [5.74, 6) is -3.84. The number of rotatable bonds is 4. The maximum absolute atomic E-state index is 13.7. The van der Waals surface area contributed by atoms with E-state index in [1.807, 2.05) is 0 Å². The van der Waals surface area contributed by atoms with E-state index in [2.05, 4.69) is 4.74 Å². The van der Waals surface area contributed by atoms with Gasteiger partial charge in [-0.15, -0.1) is 0 Å². The summed E-state index contributed by atoms with van der Waals surface area (Å²) < 4.78 is 45.2. The molecule has 1 aromatic carbocycles. The van der Waals surface area contributed by atoms with Crippen molar-refractivity contribution in [3.63, 3.8) is 0 Å². The first-order valence-corrected chi connectivity index (χ1v) is 5.71. The average Bonchev–Trinajstić information content (AvgIpc) is 2.30. The van der Waals surface area contributed by atoms with Crippen LogP contribution in [0.25, 0.3) is 0 Å². The molecule has 1 rings (SSSR count). The van der Waals surface area contributed by atoms with Crippen molar-refractivity contribution in [1.82, 2.24) is 0 Å². The maximum atomic E-state index is 13.7. The summed E-state index contributed by atoms with van der Waals surface area (Å²) in [6.45, 7) is 3.79. The lowest BCUT2D eigenvalue weighted by Gasteiger charge is -2.18. The zero-order valence-corrected chi connectivity index (χ0v) is 10.8. The normalized spacial score (nSPS) is 13.2. The molecule has 1 aromatic rings. The molecule has 0 radical (unpaired) electrons. The number of hydrogen-bond acceptors (Lipinski definition) is 3. The summed E-state index contributed by atoms with van der Waals surface area (Å²) in [5.41, 5.74) is -2.75. The number of ether oxygens (including phenoxy) is 1. The van der Waals surface area contributed by atoms with Crippen LogP contribution in [0.5, 0.6) is 0 Å². The van der Waals surface area contributed by atoms with E-state index in [0.717, 1.165) is 19.9 Å². The van der Waals surface area contributed by atoms with Crippen LogP contribution in [-0.4, -0.2) is 17.7 Å². The van der Waals surface area contributed by atoms with E-state index >= 15 is 0 Å². The summed E-state index contributed by atoms with van der Waals surface area (Å²) in [7, 11) is 0. The molecule has 0 aliphatic rings. The lowest BCUT2D eigenvalue weighted by Crippen LogP contribution is -2.19. The third kappa shape index (κ3) is 3.47. The monoisotopic (exact) mass is 276 g/mol. The van der Waals surface area contributed by atoms with Gasteiger partial charge in [0.1, 0.15) is 5.67 Å². The molecule has 0 aromatic heterocycles. The minimum absolute atomic E-state index is 0.0196. The number of halogens is 3. The van der Waals surface area contributed by atoms with Gasteiger partial charge in [0.2, 0.25) is 0 Å². The van der Waals surface area contributed by atoms with Gasteiger partial charge in [-0.2, -0.15) is 0 Å². The highest BCUT2D eigenvalue weighted by molar-refractivity contribution is 5.76. The van der Waals surface area contributed by atoms with Crippen molar-refractivity contribution in [2.24, 2.45) is 0 Å². The molecule has 6 heteroatoms. The molecular formula is C13H15F3O3. The van der Waals surface area contributed by atoms with E-state index in [-0.39, 0.29) is 12.2 Å². The van der Waals surface area contributed by atoms with Crippen molar-refractivity contribution in [3.05, 3.63) is 34.9 Å². The van der Waals surface area contributed by atoms with Crippen LogP contribution in [0, 0.1) is 11.6 Å². The fraction of sp³-hybridized carbons (Fsp3) is 0.462. The lowest BCUT2D eigenvalue weighted by atomic mass is 9.95. The number of alkyl halides is 1. The van der Waals surface area contributed by atoms with E-state index in [1.54, 1.807) is 0 Å². The Hall–Kier alpha value is -1.56. The smallest absolute Gasteiger partial charge is 0.339 e. The second-order valence-corrected chi connectivity index (χ2v) is 4.49. The van der Waals surface area contributed by atoms with Gasteiger partial charge in [0, 0.05) is 5.56 Å². The summed E-state index contributed by atoms with van der Waals surface area (Å²) in [4.78, 5) is 11.3. The van der Waals surface area contributed by atoms with Crippen molar-refractivity contribution in [1.29, 1.82) is 0 Å². The van der Waals surface area contributed by atoms with E-state index in [1.165, 1.54) is 6.92 Å². The fourth-order valence-corrected chi connectivity index (χ4v) is 1.50. The molecule has 0 aliphatic heterocycles. The highest BCUT2D eigenvalue weighted by Gasteiger charge is 2.28. The van der Waals surface area contributed by atoms with Crippen LogP contribution in [0.4, 0.5) is 13.2 Å². The molecule has 0 aliphatic carbocycles. The lowest BCUT2D eigenvalue weighted by molar-refractivity contribution is -0.153. The Bertz CT molecular complexity index is 481. The Labute approximate surface area is 109 Å². The number of carbonyl (C=O) groups is 1. The SMILES string of the molecule is CCOC(=O)C(O)c1cc(C(C)(C)F)cc(F)c1F. The van der Waals surface area contributed by atoms with Gasteiger partial charge in [-0.3, -0.25) is 0 Å².